The third-order valence-electron chi connectivity index (χ3n) is 5.22. The van der Waals surface area contributed by atoms with Crippen molar-refractivity contribution in [2.75, 3.05) is 13.1 Å². The Balaban J connectivity index is 2.52. The Labute approximate surface area is 153 Å². The van der Waals surface area contributed by atoms with Crippen molar-refractivity contribution in [1.82, 2.24) is 14.8 Å². The minimum Gasteiger partial charge on any atom is -0.377 e. The van der Waals surface area contributed by atoms with E-state index in [4.69, 9.17) is 0 Å². The van der Waals surface area contributed by atoms with Crippen LogP contribution in [0.1, 0.15) is 26.7 Å². The van der Waals surface area contributed by atoms with Gasteiger partial charge in [0.2, 0.25) is 0 Å². The summed E-state index contributed by atoms with van der Waals surface area (Å²) in [6.45, 7) is 11.7. The van der Waals surface area contributed by atoms with Gasteiger partial charge < -0.3 is 5.11 Å². The van der Waals surface area contributed by atoms with Crippen LogP contribution in [-0.2, 0) is 6.54 Å². The summed E-state index contributed by atoms with van der Waals surface area (Å²) in [4.78, 5) is 3.89. The van der Waals surface area contributed by atoms with Crippen LogP contribution in [0.15, 0.2) is 61.0 Å². The molecule has 2 atom stereocenters. The monoisotopic (exact) mass is 363 g/mol. The molecule has 2 heterocycles. The Bertz CT molecular complexity index is 701. The summed E-state index contributed by atoms with van der Waals surface area (Å²) in [5, 5.41) is 26.9. The van der Waals surface area contributed by atoms with Gasteiger partial charge in [-0.1, -0.05) is 30.9 Å². The second-order valence-corrected chi connectivity index (χ2v) is 6.84. The third-order valence-corrected chi connectivity index (χ3v) is 5.22. The molecule has 0 amide bonds. The van der Waals surface area contributed by atoms with E-state index in [0.29, 0.717) is 25.9 Å². The van der Waals surface area contributed by atoms with Crippen molar-refractivity contribution in [3.05, 3.63) is 61.0 Å². The summed E-state index contributed by atoms with van der Waals surface area (Å²) in [6.07, 6.45) is 8.35. The number of aliphatic hydroxyl groups is 1. The van der Waals surface area contributed by atoms with Crippen LogP contribution in [0.4, 0.5) is 4.39 Å². The molecular formula is C19H28FN4O2+. The van der Waals surface area contributed by atoms with E-state index in [1.807, 2.05) is 0 Å². The van der Waals surface area contributed by atoms with Gasteiger partial charge >= 0.3 is 0 Å². The molecule has 1 aromatic heterocycles. The molecule has 0 saturated carbocycles. The van der Waals surface area contributed by atoms with Crippen molar-refractivity contribution in [3.63, 3.8) is 0 Å². The minimum atomic E-state index is -1.72. The Morgan fingerprint density at radius 3 is 2.65 bits per heavy atom. The molecule has 1 fully saturated rings. The first kappa shape index (κ1) is 20.2. The lowest BCUT2D eigenvalue weighted by molar-refractivity contribution is -1.12. The number of nitrogens with zero attached hydrogens (tertiary/aromatic N) is 4. The van der Waals surface area contributed by atoms with E-state index in [1.165, 1.54) is 23.4 Å². The van der Waals surface area contributed by atoms with E-state index in [2.05, 4.69) is 23.2 Å². The maximum absolute atomic E-state index is 14.6. The fraction of sp³-hybridized carbons (Fsp3) is 0.474. The Morgan fingerprint density at radius 2 is 2.15 bits per heavy atom. The number of rotatable bonds is 7. The van der Waals surface area contributed by atoms with Gasteiger partial charge in [0, 0.05) is 18.4 Å². The highest BCUT2D eigenvalue weighted by molar-refractivity contribution is 5.36. The fourth-order valence-corrected chi connectivity index (χ4v) is 3.44. The average Bonchev–Trinajstić information content (AvgIpc) is 3.13. The van der Waals surface area contributed by atoms with Crippen LogP contribution in [0, 0.1) is 0 Å². The lowest BCUT2D eigenvalue weighted by Crippen LogP contribution is -2.65. The summed E-state index contributed by atoms with van der Waals surface area (Å²) >= 11 is 0. The molecule has 1 aliphatic heterocycles. The Kier molecular flexibility index (Phi) is 6.28. The van der Waals surface area contributed by atoms with Crippen LogP contribution >= 0.6 is 0 Å². The highest BCUT2D eigenvalue weighted by Crippen LogP contribution is 2.36. The quantitative estimate of drug-likeness (QED) is 0.444. The summed E-state index contributed by atoms with van der Waals surface area (Å²) < 4.78 is 15.7. The third kappa shape index (κ3) is 4.00. The van der Waals surface area contributed by atoms with Crippen molar-refractivity contribution < 1.29 is 19.4 Å². The first-order chi connectivity index (χ1) is 12.3. The second kappa shape index (κ2) is 8.07. The largest absolute Gasteiger partial charge is 0.377 e. The van der Waals surface area contributed by atoms with Crippen molar-refractivity contribution in [1.29, 1.82) is 0 Å². The molecule has 0 bridgehead atoms. The van der Waals surface area contributed by atoms with E-state index >= 15 is 0 Å². The molecule has 0 spiro atoms. The molecule has 0 aliphatic carbocycles. The molecule has 2 N–H and O–H groups in total. The number of halogens is 1. The molecule has 26 heavy (non-hydrogen) atoms. The van der Waals surface area contributed by atoms with Gasteiger partial charge in [0.1, 0.15) is 31.6 Å². The molecule has 1 aliphatic rings. The first-order valence-corrected chi connectivity index (χ1v) is 8.73. The number of aromatic nitrogens is 3. The van der Waals surface area contributed by atoms with E-state index in [1.54, 1.807) is 19.9 Å². The zero-order valence-electron chi connectivity index (χ0n) is 15.5. The van der Waals surface area contributed by atoms with Gasteiger partial charge in [-0.2, -0.15) is 9.75 Å². The number of piperidine rings is 1. The standard InChI is InChI=1S/C19H28FN4O2/c1-5-7-17(18(20)6-2)19(25,12-23-14-21-13-22-23)16(4)24(26)10-8-15(3)9-11-24/h5-7,13-14,16,25-26H,2-3,8-12H2,1,4H3/q+1/b7-5-,18-17-/t16-,19-/m1/s1. The van der Waals surface area contributed by atoms with E-state index < -0.39 is 17.5 Å². The predicted molar refractivity (Wildman–Crippen MR) is 97.7 cm³/mol. The van der Waals surface area contributed by atoms with Gasteiger partial charge in [0.25, 0.3) is 0 Å². The molecule has 0 radical (unpaired) electrons. The van der Waals surface area contributed by atoms with Gasteiger partial charge in [-0.05, 0) is 19.9 Å². The number of hydrogen-bond donors (Lipinski definition) is 2. The number of quaternary nitrogens is 1. The summed E-state index contributed by atoms with van der Waals surface area (Å²) in [7, 11) is 0. The first-order valence-electron chi connectivity index (χ1n) is 8.73. The lowest BCUT2D eigenvalue weighted by Gasteiger charge is -2.46. The van der Waals surface area contributed by atoms with Gasteiger partial charge in [-0.25, -0.2) is 19.3 Å². The molecule has 1 saturated heterocycles. The number of likely N-dealkylation sites (tertiary alicyclic amines) is 1. The van der Waals surface area contributed by atoms with Gasteiger partial charge in [0.15, 0.2) is 11.6 Å². The number of hydroxylamine groups is 3. The van der Waals surface area contributed by atoms with E-state index in [-0.39, 0.29) is 16.8 Å². The number of hydrogen-bond acceptors (Lipinski definition) is 4. The van der Waals surface area contributed by atoms with Crippen molar-refractivity contribution >= 4 is 0 Å². The SMILES string of the molecule is C=C/C(F)=C(\C=C/C)[C@@](O)(Cn1cncn1)[C@@H](C)[N+]1(O)CCC(=C)CC1. The maximum Gasteiger partial charge on any atom is 0.166 e. The van der Waals surface area contributed by atoms with Gasteiger partial charge in [-0.15, -0.1) is 0 Å². The van der Waals surface area contributed by atoms with Crippen molar-refractivity contribution in [3.8, 4) is 0 Å². The molecule has 1 aromatic rings. The molecular weight excluding hydrogens is 335 g/mol. The molecule has 142 valence electrons. The van der Waals surface area contributed by atoms with Crippen LogP contribution in [0.2, 0.25) is 0 Å². The van der Waals surface area contributed by atoms with Crippen LogP contribution in [-0.4, -0.2) is 54.5 Å². The lowest BCUT2D eigenvalue weighted by atomic mass is 9.83. The predicted octanol–water partition coefficient (Wildman–Crippen LogP) is 2.94. The molecule has 7 heteroatoms. The Morgan fingerprint density at radius 1 is 1.50 bits per heavy atom. The van der Waals surface area contributed by atoms with E-state index in [0.717, 1.165) is 11.6 Å². The van der Waals surface area contributed by atoms with Gasteiger partial charge in [-0.3, -0.25) is 0 Å². The van der Waals surface area contributed by atoms with Crippen LogP contribution in [0.5, 0.6) is 0 Å². The normalized spacial score (nSPS) is 22.0. The van der Waals surface area contributed by atoms with Crippen molar-refractivity contribution in [2.45, 2.75) is 44.9 Å². The average molecular weight is 363 g/mol. The van der Waals surface area contributed by atoms with Crippen LogP contribution < -0.4 is 0 Å². The minimum absolute atomic E-state index is 0.0450. The summed E-state index contributed by atoms with van der Waals surface area (Å²) in [5.41, 5.74) is -0.582. The second-order valence-electron chi connectivity index (χ2n) is 6.84. The summed E-state index contributed by atoms with van der Waals surface area (Å²) in [5.74, 6) is -0.634. The fourth-order valence-electron chi connectivity index (χ4n) is 3.44. The smallest absolute Gasteiger partial charge is 0.166 e. The van der Waals surface area contributed by atoms with E-state index in [9.17, 15) is 14.7 Å². The summed E-state index contributed by atoms with van der Waals surface area (Å²) in [6, 6.07) is -0.711. The zero-order valence-corrected chi connectivity index (χ0v) is 15.5. The highest BCUT2D eigenvalue weighted by atomic mass is 19.1. The maximum atomic E-state index is 14.6. The molecule has 0 aromatic carbocycles. The number of allylic oxidation sites excluding steroid dienone is 3. The molecule has 6 nitrogen and oxygen atoms in total. The van der Waals surface area contributed by atoms with Crippen LogP contribution in [0.3, 0.4) is 0 Å². The topological polar surface area (TPSA) is 71.2 Å². The Hall–Kier alpha value is -2.09. The van der Waals surface area contributed by atoms with Crippen molar-refractivity contribution in [2.24, 2.45) is 0 Å². The van der Waals surface area contributed by atoms with Gasteiger partial charge in [0.05, 0.1) is 6.54 Å². The highest BCUT2D eigenvalue weighted by Gasteiger charge is 2.51. The zero-order chi connectivity index (χ0) is 19.4. The molecule has 0 unspecified atom stereocenters. The molecule has 2 rings (SSSR count). The van der Waals surface area contributed by atoms with Crippen LogP contribution in [0.25, 0.3) is 0 Å².